The van der Waals surface area contributed by atoms with Crippen LogP contribution in [0.4, 0.5) is 0 Å². The molecule has 3 aromatic heterocycles. The fourth-order valence-corrected chi connectivity index (χ4v) is 8.35. The Balaban J connectivity index is 1.23. The third-order valence-corrected chi connectivity index (χ3v) is 10.7. The van der Waals surface area contributed by atoms with Crippen molar-refractivity contribution in [3.05, 3.63) is 164 Å². The SMILES string of the molecule is c1cncc(-c2ccccc2-c2nc(-c3ccc4sc5ccccc5c4c3)cc(-c3ccc4c5ccccc5c5ccccc5c4c3)n2)c1. The molecule has 4 heteroatoms. The van der Waals surface area contributed by atoms with E-state index in [0.717, 1.165) is 39.2 Å². The highest BCUT2D eigenvalue weighted by molar-refractivity contribution is 7.25. The zero-order valence-corrected chi connectivity index (χ0v) is 27.2. The fourth-order valence-electron chi connectivity index (χ4n) is 7.27. The summed E-state index contributed by atoms with van der Waals surface area (Å²) < 4.78 is 2.56. The lowest BCUT2D eigenvalue weighted by Gasteiger charge is -2.14. The lowest BCUT2D eigenvalue weighted by atomic mass is 9.92. The van der Waals surface area contributed by atoms with Crippen molar-refractivity contribution in [1.29, 1.82) is 0 Å². The Hall–Kier alpha value is -6.23. The number of nitrogens with zero attached hydrogens (tertiary/aromatic N) is 3. The van der Waals surface area contributed by atoms with Gasteiger partial charge in [-0.3, -0.25) is 4.98 Å². The standard InChI is InChI=1S/C45H27N3S/c1-6-17-38(31(11-1)30-10-9-23-46-27-30)45-47-41(26-42(48-45)29-20-22-44-40(25-29)37-16-7-8-18-43(37)49-44)28-19-21-36-34-14-3-2-12-32(34)33-13-4-5-15-35(33)39(36)24-28/h1-27H. The molecule has 3 nitrogen and oxygen atoms in total. The maximum Gasteiger partial charge on any atom is 0.161 e. The Bertz CT molecular complexity index is 2860. The van der Waals surface area contributed by atoms with Gasteiger partial charge < -0.3 is 0 Å². The van der Waals surface area contributed by atoms with Gasteiger partial charge in [-0.1, -0.05) is 115 Å². The second-order valence-electron chi connectivity index (χ2n) is 12.4. The summed E-state index contributed by atoms with van der Waals surface area (Å²) in [5.74, 6) is 0.686. The van der Waals surface area contributed by atoms with Crippen LogP contribution < -0.4 is 0 Å². The monoisotopic (exact) mass is 641 g/mol. The van der Waals surface area contributed by atoms with E-state index in [1.54, 1.807) is 6.20 Å². The number of fused-ring (bicyclic) bond motifs is 9. The number of hydrogen-bond donors (Lipinski definition) is 0. The Labute approximate surface area is 286 Å². The van der Waals surface area contributed by atoms with Gasteiger partial charge in [-0.15, -0.1) is 11.3 Å². The summed E-state index contributed by atoms with van der Waals surface area (Å²) in [7, 11) is 0. The molecule has 0 saturated heterocycles. The summed E-state index contributed by atoms with van der Waals surface area (Å²) in [6.45, 7) is 0. The minimum Gasteiger partial charge on any atom is -0.264 e. The molecular formula is C45H27N3S. The Morgan fingerprint density at radius 1 is 0.367 bits per heavy atom. The van der Waals surface area contributed by atoms with Crippen molar-refractivity contribution in [3.63, 3.8) is 0 Å². The maximum absolute atomic E-state index is 5.31. The van der Waals surface area contributed by atoms with Crippen LogP contribution >= 0.6 is 11.3 Å². The lowest BCUT2D eigenvalue weighted by molar-refractivity contribution is 1.18. The van der Waals surface area contributed by atoms with Crippen LogP contribution in [0.3, 0.4) is 0 Å². The highest BCUT2D eigenvalue weighted by Gasteiger charge is 2.17. The quantitative estimate of drug-likeness (QED) is 0.180. The first-order chi connectivity index (χ1) is 24.3. The third-order valence-electron chi connectivity index (χ3n) is 9.58. The molecule has 0 spiro atoms. The van der Waals surface area contributed by atoms with E-state index in [-0.39, 0.29) is 0 Å². The Morgan fingerprint density at radius 3 is 1.61 bits per heavy atom. The molecule has 0 bridgehead atoms. The smallest absolute Gasteiger partial charge is 0.161 e. The van der Waals surface area contributed by atoms with Crippen molar-refractivity contribution < 1.29 is 0 Å². The number of pyridine rings is 1. The summed E-state index contributed by atoms with van der Waals surface area (Å²) in [4.78, 5) is 15.0. The molecule has 3 heterocycles. The molecule has 49 heavy (non-hydrogen) atoms. The molecule has 0 atom stereocenters. The number of thiophene rings is 1. The molecule has 0 aliphatic heterocycles. The summed E-state index contributed by atoms with van der Waals surface area (Å²) in [5.41, 5.74) is 6.95. The van der Waals surface area contributed by atoms with E-state index < -0.39 is 0 Å². The minimum atomic E-state index is 0.686. The van der Waals surface area contributed by atoms with Gasteiger partial charge in [0.25, 0.3) is 0 Å². The van der Waals surface area contributed by atoms with Crippen molar-refractivity contribution >= 4 is 63.8 Å². The topological polar surface area (TPSA) is 38.7 Å². The first-order valence-corrected chi connectivity index (χ1v) is 17.2. The number of aromatic nitrogens is 3. The Morgan fingerprint density at radius 2 is 0.918 bits per heavy atom. The van der Waals surface area contributed by atoms with E-state index in [1.807, 2.05) is 23.6 Å². The van der Waals surface area contributed by atoms with Gasteiger partial charge in [0.1, 0.15) is 0 Å². The van der Waals surface area contributed by atoms with Crippen molar-refractivity contribution in [3.8, 4) is 45.0 Å². The molecule has 0 aliphatic rings. The number of benzene rings is 7. The number of hydrogen-bond acceptors (Lipinski definition) is 4. The van der Waals surface area contributed by atoms with Crippen LogP contribution in [0.2, 0.25) is 0 Å². The molecule has 0 unspecified atom stereocenters. The summed E-state index contributed by atoms with van der Waals surface area (Å²) in [5, 5.41) is 10.0. The van der Waals surface area contributed by atoms with Crippen LogP contribution in [0.5, 0.6) is 0 Å². The predicted molar refractivity (Wildman–Crippen MR) is 207 cm³/mol. The second-order valence-corrected chi connectivity index (χ2v) is 13.5. The highest BCUT2D eigenvalue weighted by atomic mass is 32.1. The lowest BCUT2D eigenvalue weighted by Crippen LogP contribution is -1.97. The largest absolute Gasteiger partial charge is 0.264 e. The van der Waals surface area contributed by atoms with Crippen molar-refractivity contribution in [1.82, 2.24) is 15.0 Å². The van der Waals surface area contributed by atoms with E-state index in [1.165, 1.54) is 52.5 Å². The van der Waals surface area contributed by atoms with Crippen LogP contribution in [0.15, 0.2) is 164 Å². The second kappa shape index (κ2) is 11.2. The fraction of sp³-hybridized carbons (Fsp3) is 0. The number of rotatable bonds is 4. The molecule has 0 saturated carbocycles. The molecule has 0 aliphatic carbocycles. The van der Waals surface area contributed by atoms with Gasteiger partial charge in [-0.2, -0.15) is 0 Å². The first-order valence-electron chi connectivity index (χ1n) is 16.4. The highest BCUT2D eigenvalue weighted by Crippen LogP contribution is 2.40. The molecule has 7 aromatic carbocycles. The maximum atomic E-state index is 5.31. The molecule has 0 fully saturated rings. The van der Waals surface area contributed by atoms with Gasteiger partial charge in [0, 0.05) is 54.8 Å². The summed E-state index contributed by atoms with van der Waals surface area (Å²) in [6.07, 6.45) is 3.70. The van der Waals surface area contributed by atoms with Crippen molar-refractivity contribution in [2.75, 3.05) is 0 Å². The first kappa shape index (κ1) is 27.8. The van der Waals surface area contributed by atoms with Crippen LogP contribution in [0.25, 0.3) is 97.5 Å². The molecule has 0 N–H and O–H groups in total. The van der Waals surface area contributed by atoms with Crippen LogP contribution in [0, 0.1) is 0 Å². The molecule has 228 valence electrons. The van der Waals surface area contributed by atoms with Gasteiger partial charge in [0.2, 0.25) is 0 Å². The van der Waals surface area contributed by atoms with E-state index in [2.05, 4.69) is 151 Å². The normalized spacial score (nSPS) is 11.7. The average molecular weight is 642 g/mol. The third kappa shape index (κ3) is 4.61. The molecule has 10 rings (SSSR count). The van der Waals surface area contributed by atoms with Crippen LogP contribution in [0.1, 0.15) is 0 Å². The molecule has 0 radical (unpaired) electrons. The zero-order chi connectivity index (χ0) is 32.3. The van der Waals surface area contributed by atoms with Crippen molar-refractivity contribution in [2.24, 2.45) is 0 Å². The van der Waals surface area contributed by atoms with E-state index >= 15 is 0 Å². The van der Waals surface area contributed by atoms with Gasteiger partial charge in [0.15, 0.2) is 5.82 Å². The van der Waals surface area contributed by atoms with E-state index in [0.29, 0.717) is 5.82 Å². The van der Waals surface area contributed by atoms with Gasteiger partial charge >= 0.3 is 0 Å². The summed E-state index contributed by atoms with van der Waals surface area (Å²) >= 11 is 1.83. The van der Waals surface area contributed by atoms with Crippen LogP contribution in [-0.4, -0.2) is 15.0 Å². The van der Waals surface area contributed by atoms with Gasteiger partial charge in [-0.25, -0.2) is 9.97 Å². The predicted octanol–water partition coefficient (Wildman–Crippen LogP) is 12.4. The molecule has 10 aromatic rings. The summed E-state index contributed by atoms with van der Waals surface area (Å²) in [6, 6.07) is 54.1. The van der Waals surface area contributed by atoms with Crippen LogP contribution in [-0.2, 0) is 0 Å². The van der Waals surface area contributed by atoms with E-state index in [4.69, 9.17) is 9.97 Å². The average Bonchev–Trinajstić information content (AvgIpc) is 3.56. The van der Waals surface area contributed by atoms with Crippen molar-refractivity contribution in [2.45, 2.75) is 0 Å². The Kier molecular flexibility index (Phi) is 6.36. The van der Waals surface area contributed by atoms with Gasteiger partial charge in [-0.05, 0) is 74.3 Å². The van der Waals surface area contributed by atoms with E-state index in [9.17, 15) is 0 Å². The van der Waals surface area contributed by atoms with Gasteiger partial charge in [0.05, 0.1) is 11.4 Å². The minimum absolute atomic E-state index is 0.686. The molecular weight excluding hydrogens is 615 g/mol. The molecule has 0 amide bonds. The zero-order valence-electron chi connectivity index (χ0n) is 26.3.